The third-order valence-corrected chi connectivity index (χ3v) is 1.61. The quantitative estimate of drug-likeness (QED) is 0.327. The van der Waals surface area contributed by atoms with Crippen molar-refractivity contribution in [1.29, 1.82) is 0 Å². The molecule has 40 valence electrons. The number of rotatable bonds is 2. The summed E-state index contributed by atoms with van der Waals surface area (Å²) in [5.41, 5.74) is 0. The molecule has 0 bridgehead atoms. The first kappa shape index (κ1) is 11.0. The molecule has 0 rings (SSSR count). The van der Waals surface area contributed by atoms with E-state index in [4.69, 9.17) is 9.47 Å². The van der Waals surface area contributed by atoms with Crippen molar-refractivity contribution in [3.63, 3.8) is 0 Å². The van der Waals surface area contributed by atoms with Gasteiger partial charge in [0.05, 0.1) is 10.2 Å². The third kappa shape index (κ3) is 7.14. The van der Waals surface area contributed by atoms with Crippen LogP contribution in [-0.4, -0.2) is 59.9 Å². The Bertz CT molecular complexity index is 32.1. The summed E-state index contributed by atoms with van der Waals surface area (Å²) in [6.45, 7) is 0. The SMILES string of the molecule is COC([SiH3])OC.[NaH]. The second-order valence-corrected chi connectivity index (χ2v) is 1.98. The van der Waals surface area contributed by atoms with E-state index in [2.05, 4.69) is 0 Å². The molecular formula is C3H11NaO2Si. The van der Waals surface area contributed by atoms with E-state index in [0.29, 0.717) is 0 Å². The summed E-state index contributed by atoms with van der Waals surface area (Å²) < 4.78 is 9.48. The van der Waals surface area contributed by atoms with E-state index in [1.807, 2.05) is 0 Å². The minimum absolute atomic E-state index is 0. The molecule has 0 saturated carbocycles. The second kappa shape index (κ2) is 7.14. The van der Waals surface area contributed by atoms with Crippen LogP contribution in [-0.2, 0) is 9.47 Å². The first-order valence-corrected chi connectivity index (χ1v) is 3.02. The van der Waals surface area contributed by atoms with Crippen LogP contribution in [0.25, 0.3) is 0 Å². The predicted octanol–water partition coefficient (Wildman–Crippen LogP) is -1.72. The van der Waals surface area contributed by atoms with Crippen molar-refractivity contribution in [3.8, 4) is 0 Å². The molecule has 0 aromatic heterocycles. The van der Waals surface area contributed by atoms with E-state index in [-0.39, 0.29) is 35.5 Å². The zero-order chi connectivity index (χ0) is 4.99. The Morgan fingerprint density at radius 3 is 1.57 bits per heavy atom. The van der Waals surface area contributed by atoms with Gasteiger partial charge in [-0.25, -0.2) is 0 Å². The van der Waals surface area contributed by atoms with E-state index in [0.717, 1.165) is 10.2 Å². The Morgan fingerprint density at radius 2 is 1.57 bits per heavy atom. The molecule has 0 amide bonds. The minimum atomic E-state index is 0. The summed E-state index contributed by atoms with van der Waals surface area (Å²) in [7, 11) is 4.23. The first-order valence-electron chi connectivity index (χ1n) is 1.87. The van der Waals surface area contributed by atoms with Crippen molar-refractivity contribution >= 4 is 39.8 Å². The second-order valence-electron chi connectivity index (χ2n) is 1.04. The molecule has 0 spiro atoms. The van der Waals surface area contributed by atoms with Gasteiger partial charge in [0.15, 0.2) is 0 Å². The number of methoxy groups -OCH3 is 2. The van der Waals surface area contributed by atoms with Gasteiger partial charge in [-0.3, -0.25) is 0 Å². The van der Waals surface area contributed by atoms with Gasteiger partial charge in [-0.1, -0.05) is 0 Å². The van der Waals surface area contributed by atoms with Gasteiger partial charge in [-0.2, -0.15) is 0 Å². The topological polar surface area (TPSA) is 18.5 Å². The van der Waals surface area contributed by atoms with Crippen molar-refractivity contribution in [1.82, 2.24) is 0 Å². The Morgan fingerprint density at radius 1 is 1.29 bits per heavy atom. The summed E-state index contributed by atoms with van der Waals surface area (Å²) in [6, 6.07) is 0. The van der Waals surface area contributed by atoms with Gasteiger partial charge in [0.2, 0.25) is 0 Å². The van der Waals surface area contributed by atoms with Crippen molar-refractivity contribution < 1.29 is 9.47 Å². The van der Waals surface area contributed by atoms with Crippen LogP contribution in [0.3, 0.4) is 0 Å². The van der Waals surface area contributed by atoms with Crippen molar-refractivity contribution in [2.45, 2.75) is 5.91 Å². The molecular weight excluding hydrogens is 119 g/mol. The van der Waals surface area contributed by atoms with Crippen LogP contribution in [0, 0.1) is 0 Å². The zero-order valence-electron chi connectivity index (χ0n) is 4.39. The van der Waals surface area contributed by atoms with Crippen molar-refractivity contribution in [2.75, 3.05) is 14.2 Å². The van der Waals surface area contributed by atoms with Gasteiger partial charge in [-0.05, 0) is 0 Å². The predicted molar refractivity (Wildman–Crippen MR) is 34.9 cm³/mol. The molecule has 0 aliphatic rings. The molecule has 0 aliphatic heterocycles. The molecule has 0 aliphatic carbocycles. The Kier molecular flexibility index (Phi) is 11.2. The third-order valence-electron chi connectivity index (χ3n) is 0.664. The van der Waals surface area contributed by atoms with E-state index in [1.165, 1.54) is 0 Å². The summed E-state index contributed by atoms with van der Waals surface area (Å²) in [5.74, 6) is 0.0741. The average molecular weight is 130 g/mol. The molecule has 0 aromatic carbocycles. The fraction of sp³-hybridized carbons (Fsp3) is 1.00. The molecule has 0 unspecified atom stereocenters. The van der Waals surface area contributed by atoms with E-state index >= 15 is 0 Å². The van der Waals surface area contributed by atoms with E-state index < -0.39 is 0 Å². The standard InChI is InChI=1S/C3H10O2Si.Na.H/c1-4-3(6)5-2;;/h3H,1-2,6H3;;. The normalized spacial score (nSPS) is 9.00. The Hall–Kier alpha value is 1.14. The van der Waals surface area contributed by atoms with Gasteiger partial charge < -0.3 is 9.47 Å². The molecule has 0 atom stereocenters. The molecule has 0 fully saturated rings. The van der Waals surface area contributed by atoms with Gasteiger partial charge >= 0.3 is 29.6 Å². The molecule has 7 heavy (non-hydrogen) atoms. The summed E-state index contributed by atoms with van der Waals surface area (Å²) in [5, 5.41) is 0. The monoisotopic (exact) mass is 130 g/mol. The maximum atomic E-state index is 4.74. The summed E-state index contributed by atoms with van der Waals surface area (Å²) in [6.07, 6.45) is 0. The molecule has 2 nitrogen and oxygen atoms in total. The molecule has 0 heterocycles. The molecule has 0 N–H and O–H groups in total. The van der Waals surface area contributed by atoms with Crippen LogP contribution in [0.5, 0.6) is 0 Å². The fourth-order valence-electron chi connectivity index (χ4n) is 0.0962. The van der Waals surface area contributed by atoms with Gasteiger partial charge in [0.1, 0.15) is 5.91 Å². The van der Waals surface area contributed by atoms with Gasteiger partial charge in [0.25, 0.3) is 0 Å². The van der Waals surface area contributed by atoms with Crippen molar-refractivity contribution in [3.05, 3.63) is 0 Å². The van der Waals surface area contributed by atoms with Gasteiger partial charge in [0, 0.05) is 14.2 Å². The van der Waals surface area contributed by atoms with Crippen molar-refractivity contribution in [2.24, 2.45) is 0 Å². The van der Waals surface area contributed by atoms with Crippen LogP contribution < -0.4 is 0 Å². The average Bonchev–Trinajstić information content (AvgIpc) is 1.65. The maximum absolute atomic E-state index is 4.74. The van der Waals surface area contributed by atoms with Crippen LogP contribution in [0.15, 0.2) is 0 Å². The summed E-state index contributed by atoms with van der Waals surface area (Å²) in [4.78, 5) is 0. The summed E-state index contributed by atoms with van der Waals surface area (Å²) >= 11 is 0. The first-order chi connectivity index (χ1) is 2.81. The number of hydrogen-bond acceptors (Lipinski definition) is 2. The molecule has 0 radical (unpaired) electrons. The molecule has 0 saturated heterocycles. The van der Waals surface area contributed by atoms with Crippen LogP contribution >= 0.6 is 0 Å². The van der Waals surface area contributed by atoms with E-state index in [9.17, 15) is 0 Å². The Labute approximate surface area is 69.3 Å². The number of hydrogen-bond donors (Lipinski definition) is 0. The van der Waals surface area contributed by atoms with Crippen LogP contribution in [0.2, 0.25) is 0 Å². The van der Waals surface area contributed by atoms with Crippen LogP contribution in [0.4, 0.5) is 0 Å². The number of ether oxygens (including phenoxy) is 2. The van der Waals surface area contributed by atoms with Gasteiger partial charge in [-0.15, -0.1) is 0 Å². The zero-order valence-corrected chi connectivity index (χ0v) is 6.39. The van der Waals surface area contributed by atoms with E-state index in [1.54, 1.807) is 14.2 Å². The fourth-order valence-corrected chi connectivity index (χ4v) is 0.0962. The Balaban J connectivity index is 0. The molecule has 4 heteroatoms. The van der Waals surface area contributed by atoms with Crippen LogP contribution in [0.1, 0.15) is 0 Å². The molecule has 0 aromatic rings.